The second kappa shape index (κ2) is 7.37. The van der Waals surface area contributed by atoms with E-state index in [0.717, 1.165) is 5.56 Å². The van der Waals surface area contributed by atoms with E-state index >= 15 is 0 Å². The van der Waals surface area contributed by atoms with Crippen LogP contribution in [0, 0.1) is 12.7 Å². The second-order valence-electron chi connectivity index (χ2n) is 4.03. The van der Waals surface area contributed by atoms with Crippen molar-refractivity contribution >= 4 is 0 Å². The summed E-state index contributed by atoms with van der Waals surface area (Å²) in [6, 6.07) is 5.13. The van der Waals surface area contributed by atoms with Crippen LogP contribution in [0.2, 0.25) is 0 Å². The van der Waals surface area contributed by atoms with Gasteiger partial charge in [0.05, 0.1) is 12.7 Å². The first kappa shape index (κ1) is 14.1. The summed E-state index contributed by atoms with van der Waals surface area (Å²) in [7, 11) is 3.31. The van der Waals surface area contributed by atoms with E-state index in [-0.39, 0.29) is 11.9 Å². The minimum Gasteiger partial charge on any atom is -0.382 e. The first-order chi connectivity index (χ1) is 8.17. The molecule has 0 aliphatic heterocycles. The van der Waals surface area contributed by atoms with Crippen molar-refractivity contribution in [3.05, 3.63) is 35.1 Å². The number of hydrogen-bond acceptors (Lipinski definition) is 3. The van der Waals surface area contributed by atoms with Gasteiger partial charge < -0.3 is 14.8 Å². The zero-order valence-corrected chi connectivity index (χ0v) is 10.6. The van der Waals surface area contributed by atoms with Gasteiger partial charge >= 0.3 is 0 Å². The highest BCUT2D eigenvalue weighted by molar-refractivity contribution is 5.23. The fourth-order valence-electron chi connectivity index (χ4n) is 1.59. The molecule has 0 saturated carbocycles. The third kappa shape index (κ3) is 4.81. The van der Waals surface area contributed by atoms with Crippen LogP contribution >= 0.6 is 0 Å². The average Bonchev–Trinajstić information content (AvgIpc) is 2.32. The van der Waals surface area contributed by atoms with Gasteiger partial charge in [0.15, 0.2) is 0 Å². The van der Waals surface area contributed by atoms with Crippen molar-refractivity contribution in [2.45, 2.75) is 19.6 Å². The summed E-state index contributed by atoms with van der Waals surface area (Å²) in [5, 5.41) is 3.26. The number of methoxy groups -OCH3 is 2. The van der Waals surface area contributed by atoms with Crippen molar-refractivity contribution in [1.29, 1.82) is 0 Å². The Morgan fingerprint density at radius 3 is 2.71 bits per heavy atom. The van der Waals surface area contributed by atoms with Crippen LogP contribution in [0.1, 0.15) is 11.1 Å². The summed E-state index contributed by atoms with van der Waals surface area (Å²) in [5.74, 6) is -0.164. The minimum atomic E-state index is -0.164. The second-order valence-corrected chi connectivity index (χ2v) is 4.03. The Morgan fingerprint density at radius 1 is 1.35 bits per heavy atom. The van der Waals surface area contributed by atoms with Crippen LogP contribution in [-0.2, 0) is 16.0 Å². The van der Waals surface area contributed by atoms with E-state index in [9.17, 15) is 4.39 Å². The van der Waals surface area contributed by atoms with Crippen LogP contribution < -0.4 is 5.32 Å². The summed E-state index contributed by atoms with van der Waals surface area (Å²) in [6.07, 6.45) is 0.0431. The molecule has 96 valence electrons. The predicted octanol–water partition coefficient (Wildman–Crippen LogP) is 1.89. The van der Waals surface area contributed by atoms with E-state index in [0.29, 0.717) is 25.3 Å². The number of nitrogens with one attached hydrogen (secondary N) is 1. The SMILES string of the molecule is COCC(CNCc1ccc(F)c(C)c1)OC. The summed E-state index contributed by atoms with van der Waals surface area (Å²) in [5.41, 5.74) is 1.74. The molecule has 0 bridgehead atoms. The van der Waals surface area contributed by atoms with Gasteiger partial charge in [0.2, 0.25) is 0 Å². The lowest BCUT2D eigenvalue weighted by Crippen LogP contribution is -2.31. The van der Waals surface area contributed by atoms with Gasteiger partial charge in [-0.2, -0.15) is 0 Å². The largest absolute Gasteiger partial charge is 0.382 e. The molecule has 0 radical (unpaired) electrons. The Morgan fingerprint density at radius 2 is 2.12 bits per heavy atom. The molecule has 0 aliphatic rings. The van der Waals surface area contributed by atoms with Gasteiger partial charge in [-0.15, -0.1) is 0 Å². The maximum Gasteiger partial charge on any atom is 0.126 e. The minimum absolute atomic E-state index is 0.0431. The maximum atomic E-state index is 13.0. The van der Waals surface area contributed by atoms with Crippen molar-refractivity contribution in [2.75, 3.05) is 27.4 Å². The molecule has 17 heavy (non-hydrogen) atoms. The van der Waals surface area contributed by atoms with Gasteiger partial charge in [-0.1, -0.05) is 12.1 Å². The van der Waals surface area contributed by atoms with E-state index in [2.05, 4.69) is 5.32 Å². The van der Waals surface area contributed by atoms with Crippen LogP contribution in [0.4, 0.5) is 4.39 Å². The highest BCUT2D eigenvalue weighted by atomic mass is 19.1. The number of benzene rings is 1. The normalized spacial score (nSPS) is 12.7. The Balaban J connectivity index is 2.37. The van der Waals surface area contributed by atoms with Crippen molar-refractivity contribution < 1.29 is 13.9 Å². The van der Waals surface area contributed by atoms with Crippen LogP contribution in [0.25, 0.3) is 0 Å². The van der Waals surface area contributed by atoms with Gasteiger partial charge in [-0.25, -0.2) is 4.39 Å². The van der Waals surface area contributed by atoms with Gasteiger partial charge in [0, 0.05) is 27.3 Å². The van der Waals surface area contributed by atoms with Crippen molar-refractivity contribution in [3.8, 4) is 0 Å². The number of aryl methyl sites for hydroxylation is 1. The van der Waals surface area contributed by atoms with Gasteiger partial charge in [-0.05, 0) is 24.1 Å². The number of halogens is 1. The van der Waals surface area contributed by atoms with Crippen LogP contribution in [0.3, 0.4) is 0 Å². The summed E-state index contributed by atoms with van der Waals surface area (Å²) >= 11 is 0. The molecule has 0 aromatic heterocycles. The molecule has 1 atom stereocenters. The van der Waals surface area contributed by atoms with Crippen LogP contribution in [0.15, 0.2) is 18.2 Å². The fraction of sp³-hybridized carbons (Fsp3) is 0.538. The molecule has 1 rings (SSSR count). The standard InChI is InChI=1S/C13H20FNO2/c1-10-6-11(4-5-13(10)14)7-15-8-12(17-3)9-16-2/h4-6,12,15H,7-9H2,1-3H3. The molecule has 0 saturated heterocycles. The zero-order valence-electron chi connectivity index (χ0n) is 10.6. The Kier molecular flexibility index (Phi) is 6.11. The van der Waals surface area contributed by atoms with Gasteiger partial charge in [0.1, 0.15) is 5.82 Å². The van der Waals surface area contributed by atoms with Crippen molar-refractivity contribution in [3.63, 3.8) is 0 Å². The highest BCUT2D eigenvalue weighted by Gasteiger charge is 2.06. The molecule has 0 aliphatic carbocycles. The molecule has 3 nitrogen and oxygen atoms in total. The maximum absolute atomic E-state index is 13.0. The Labute approximate surface area is 102 Å². The molecular formula is C13H20FNO2. The van der Waals surface area contributed by atoms with Crippen molar-refractivity contribution in [2.24, 2.45) is 0 Å². The van der Waals surface area contributed by atoms with E-state index in [1.165, 1.54) is 6.07 Å². The predicted molar refractivity (Wildman–Crippen MR) is 65.5 cm³/mol. The smallest absolute Gasteiger partial charge is 0.126 e. The molecule has 4 heteroatoms. The molecule has 0 amide bonds. The molecule has 1 unspecified atom stereocenters. The summed E-state index contributed by atoms with van der Waals surface area (Å²) in [4.78, 5) is 0. The third-order valence-corrected chi connectivity index (χ3v) is 2.61. The number of hydrogen-bond donors (Lipinski definition) is 1. The number of rotatable bonds is 7. The molecule has 0 spiro atoms. The van der Waals surface area contributed by atoms with E-state index < -0.39 is 0 Å². The quantitative estimate of drug-likeness (QED) is 0.790. The lowest BCUT2D eigenvalue weighted by molar-refractivity contribution is 0.0288. The first-order valence-corrected chi connectivity index (χ1v) is 5.65. The summed E-state index contributed by atoms with van der Waals surface area (Å²) < 4.78 is 23.3. The first-order valence-electron chi connectivity index (χ1n) is 5.65. The topological polar surface area (TPSA) is 30.5 Å². The van der Waals surface area contributed by atoms with E-state index in [4.69, 9.17) is 9.47 Å². The van der Waals surface area contributed by atoms with E-state index in [1.807, 2.05) is 6.07 Å². The Bertz CT molecular complexity index is 344. The zero-order chi connectivity index (χ0) is 12.7. The monoisotopic (exact) mass is 241 g/mol. The molecular weight excluding hydrogens is 221 g/mol. The lowest BCUT2D eigenvalue weighted by atomic mass is 10.1. The fourth-order valence-corrected chi connectivity index (χ4v) is 1.59. The van der Waals surface area contributed by atoms with Crippen LogP contribution in [0.5, 0.6) is 0 Å². The van der Waals surface area contributed by atoms with Gasteiger partial charge in [-0.3, -0.25) is 0 Å². The molecule has 1 N–H and O–H groups in total. The highest BCUT2D eigenvalue weighted by Crippen LogP contribution is 2.08. The Hall–Kier alpha value is -0.970. The molecule has 1 aromatic rings. The third-order valence-electron chi connectivity index (χ3n) is 2.61. The van der Waals surface area contributed by atoms with Crippen LogP contribution in [-0.4, -0.2) is 33.5 Å². The average molecular weight is 241 g/mol. The summed E-state index contributed by atoms with van der Waals surface area (Å²) in [6.45, 7) is 3.74. The van der Waals surface area contributed by atoms with Gasteiger partial charge in [0.25, 0.3) is 0 Å². The molecule has 0 heterocycles. The molecule has 1 aromatic carbocycles. The van der Waals surface area contributed by atoms with E-state index in [1.54, 1.807) is 27.2 Å². The number of ether oxygens (including phenoxy) is 2. The lowest BCUT2D eigenvalue weighted by Gasteiger charge is -2.15. The van der Waals surface area contributed by atoms with Crippen molar-refractivity contribution in [1.82, 2.24) is 5.32 Å². The molecule has 0 fully saturated rings.